The molecular formula is C17H19NOS. The van der Waals surface area contributed by atoms with Crippen LogP contribution in [-0.2, 0) is 6.54 Å². The van der Waals surface area contributed by atoms with Gasteiger partial charge >= 0.3 is 0 Å². The van der Waals surface area contributed by atoms with Crippen LogP contribution in [0.1, 0.15) is 39.9 Å². The normalized spacial score (nSPS) is 14.3. The van der Waals surface area contributed by atoms with Crippen LogP contribution in [0.4, 0.5) is 0 Å². The molecule has 0 radical (unpaired) electrons. The van der Waals surface area contributed by atoms with E-state index >= 15 is 0 Å². The number of hydrogen-bond acceptors (Lipinski definition) is 2. The first kappa shape index (κ1) is 13.4. The number of nitrogens with zero attached hydrogens (tertiary/aromatic N) is 1. The number of rotatable bonds is 4. The number of amides is 1. The fourth-order valence-electron chi connectivity index (χ4n) is 2.60. The summed E-state index contributed by atoms with van der Waals surface area (Å²) >= 11 is 1.69. The molecule has 1 aliphatic carbocycles. The molecule has 3 heteroatoms. The molecule has 0 N–H and O–H groups in total. The summed E-state index contributed by atoms with van der Waals surface area (Å²) in [5.74, 6) is 0.172. The topological polar surface area (TPSA) is 20.3 Å². The highest BCUT2D eigenvalue weighted by molar-refractivity contribution is 7.07. The fraction of sp³-hybridized carbons (Fsp3) is 0.353. The van der Waals surface area contributed by atoms with E-state index in [2.05, 4.69) is 22.9 Å². The lowest BCUT2D eigenvalue weighted by Gasteiger charge is -2.22. The minimum absolute atomic E-state index is 0.172. The molecule has 20 heavy (non-hydrogen) atoms. The van der Waals surface area contributed by atoms with Gasteiger partial charge in [0.05, 0.1) is 0 Å². The number of thiophene rings is 1. The van der Waals surface area contributed by atoms with Gasteiger partial charge < -0.3 is 4.90 Å². The number of hydrogen-bond donors (Lipinski definition) is 0. The molecule has 2 nitrogen and oxygen atoms in total. The number of benzene rings is 1. The van der Waals surface area contributed by atoms with Gasteiger partial charge in [-0.25, -0.2) is 0 Å². The molecule has 0 spiro atoms. The summed E-state index contributed by atoms with van der Waals surface area (Å²) < 4.78 is 0. The lowest BCUT2D eigenvalue weighted by Crippen LogP contribution is -2.32. The van der Waals surface area contributed by atoms with E-state index < -0.39 is 0 Å². The van der Waals surface area contributed by atoms with E-state index in [1.54, 1.807) is 11.3 Å². The van der Waals surface area contributed by atoms with E-state index in [9.17, 15) is 4.79 Å². The summed E-state index contributed by atoms with van der Waals surface area (Å²) in [5.41, 5.74) is 4.36. The maximum Gasteiger partial charge on any atom is 0.254 e. The van der Waals surface area contributed by atoms with Gasteiger partial charge in [0.15, 0.2) is 0 Å². The van der Waals surface area contributed by atoms with Crippen LogP contribution in [0.2, 0.25) is 0 Å². The van der Waals surface area contributed by atoms with Crippen LogP contribution in [0.3, 0.4) is 0 Å². The molecule has 1 aliphatic rings. The van der Waals surface area contributed by atoms with Gasteiger partial charge in [-0.1, -0.05) is 17.2 Å². The van der Waals surface area contributed by atoms with Gasteiger partial charge in [-0.3, -0.25) is 4.79 Å². The Labute approximate surface area is 124 Å². The van der Waals surface area contributed by atoms with Gasteiger partial charge in [0.2, 0.25) is 0 Å². The molecule has 2 aromatic rings. The van der Waals surface area contributed by atoms with Crippen molar-refractivity contribution >= 4 is 17.2 Å². The van der Waals surface area contributed by atoms with Gasteiger partial charge in [0.1, 0.15) is 0 Å². The average Bonchev–Trinajstić information content (AvgIpc) is 3.11. The third-order valence-electron chi connectivity index (χ3n) is 3.65. The third kappa shape index (κ3) is 2.93. The van der Waals surface area contributed by atoms with Crippen LogP contribution < -0.4 is 0 Å². The molecule has 3 rings (SSSR count). The molecule has 1 saturated carbocycles. The zero-order chi connectivity index (χ0) is 14.1. The van der Waals surface area contributed by atoms with Gasteiger partial charge in [0, 0.05) is 18.2 Å². The smallest absolute Gasteiger partial charge is 0.254 e. The zero-order valence-electron chi connectivity index (χ0n) is 11.9. The lowest BCUT2D eigenvalue weighted by atomic mass is 10.1. The molecule has 104 valence electrons. The van der Waals surface area contributed by atoms with Crippen LogP contribution in [0.15, 0.2) is 35.0 Å². The molecular weight excluding hydrogens is 266 g/mol. The Morgan fingerprint density at radius 3 is 2.50 bits per heavy atom. The summed E-state index contributed by atoms with van der Waals surface area (Å²) in [6.07, 6.45) is 2.28. The molecule has 0 unspecified atom stereocenters. The second kappa shape index (κ2) is 5.41. The second-order valence-corrected chi connectivity index (χ2v) is 6.45. The van der Waals surface area contributed by atoms with E-state index in [-0.39, 0.29) is 5.91 Å². The van der Waals surface area contributed by atoms with Crippen LogP contribution in [0.25, 0.3) is 0 Å². The van der Waals surface area contributed by atoms with Gasteiger partial charge in [-0.2, -0.15) is 11.3 Å². The van der Waals surface area contributed by atoms with Crippen LogP contribution in [0, 0.1) is 13.8 Å². The van der Waals surface area contributed by atoms with Crippen LogP contribution in [0.5, 0.6) is 0 Å². The Morgan fingerprint density at radius 2 is 1.95 bits per heavy atom. The molecule has 0 aliphatic heterocycles. The minimum atomic E-state index is 0.172. The second-order valence-electron chi connectivity index (χ2n) is 5.67. The van der Waals surface area contributed by atoms with Crippen LogP contribution in [-0.4, -0.2) is 16.8 Å². The largest absolute Gasteiger partial charge is 0.331 e. The van der Waals surface area contributed by atoms with E-state index in [0.29, 0.717) is 6.04 Å². The van der Waals surface area contributed by atoms with E-state index in [1.165, 1.54) is 5.56 Å². The van der Waals surface area contributed by atoms with Crippen molar-refractivity contribution in [1.82, 2.24) is 4.90 Å². The number of aryl methyl sites for hydroxylation is 2. The van der Waals surface area contributed by atoms with Crippen molar-refractivity contribution in [1.29, 1.82) is 0 Å². The quantitative estimate of drug-likeness (QED) is 0.825. The zero-order valence-corrected chi connectivity index (χ0v) is 12.7. The number of carbonyl (C=O) groups excluding carboxylic acids is 1. The molecule has 0 atom stereocenters. The SMILES string of the molecule is Cc1cc(C)cc(C(=O)N(Cc2ccsc2)C2CC2)c1. The highest BCUT2D eigenvalue weighted by Crippen LogP contribution is 2.30. The molecule has 1 aromatic heterocycles. The highest BCUT2D eigenvalue weighted by Gasteiger charge is 2.33. The Morgan fingerprint density at radius 1 is 1.25 bits per heavy atom. The molecule has 1 heterocycles. The van der Waals surface area contributed by atoms with E-state index in [0.717, 1.165) is 36.1 Å². The Balaban J connectivity index is 1.85. The van der Waals surface area contributed by atoms with Gasteiger partial charge in [0.25, 0.3) is 5.91 Å². The van der Waals surface area contributed by atoms with Crippen molar-refractivity contribution in [3.8, 4) is 0 Å². The molecule has 0 bridgehead atoms. The first-order valence-electron chi connectivity index (χ1n) is 7.04. The molecule has 1 amide bonds. The Hall–Kier alpha value is -1.61. The third-order valence-corrected chi connectivity index (χ3v) is 4.38. The monoisotopic (exact) mass is 285 g/mol. The van der Waals surface area contributed by atoms with Crippen molar-refractivity contribution < 1.29 is 4.79 Å². The molecule has 1 fully saturated rings. The maximum atomic E-state index is 12.8. The predicted molar refractivity (Wildman–Crippen MR) is 83.1 cm³/mol. The van der Waals surface area contributed by atoms with Crippen LogP contribution >= 0.6 is 11.3 Å². The van der Waals surface area contributed by atoms with Gasteiger partial charge in [-0.05, 0) is 61.2 Å². The van der Waals surface area contributed by atoms with E-state index in [1.807, 2.05) is 30.9 Å². The Bertz CT molecular complexity index is 594. The highest BCUT2D eigenvalue weighted by atomic mass is 32.1. The summed E-state index contributed by atoms with van der Waals surface area (Å²) in [6, 6.07) is 8.64. The standard InChI is InChI=1S/C17H19NOS/c1-12-7-13(2)9-15(8-12)17(19)18(16-3-4-16)10-14-5-6-20-11-14/h5-9,11,16H,3-4,10H2,1-2H3. The predicted octanol–water partition coefficient (Wildman–Crippen LogP) is 4.17. The minimum Gasteiger partial charge on any atom is -0.331 e. The average molecular weight is 285 g/mol. The summed E-state index contributed by atoms with van der Waals surface area (Å²) in [5, 5.41) is 4.20. The van der Waals surface area contributed by atoms with Crippen molar-refractivity contribution in [2.75, 3.05) is 0 Å². The van der Waals surface area contributed by atoms with Crippen molar-refractivity contribution in [3.63, 3.8) is 0 Å². The lowest BCUT2D eigenvalue weighted by molar-refractivity contribution is 0.0730. The van der Waals surface area contributed by atoms with Gasteiger partial charge in [-0.15, -0.1) is 0 Å². The summed E-state index contributed by atoms with van der Waals surface area (Å²) in [4.78, 5) is 14.8. The summed E-state index contributed by atoms with van der Waals surface area (Å²) in [6.45, 7) is 4.83. The maximum absolute atomic E-state index is 12.8. The van der Waals surface area contributed by atoms with Crippen molar-refractivity contribution in [2.24, 2.45) is 0 Å². The number of carbonyl (C=O) groups is 1. The first-order chi connectivity index (χ1) is 9.63. The summed E-state index contributed by atoms with van der Waals surface area (Å²) in [7, 11) is 0. The van der Waals surface area contributed by atoms with Crippen molar-refractivity contribution in [2.45, 2.75) is 39.3 Å². The fourth-order valence-corrected chi connectivity index (χ4v) is 3.26. The van der Waals surface area contributed by atoms with E-state index in [4.69, 9.17) is 0 Å². The van der Waals surface area contributed by atoms with Crippen molar-refractivity contribution in [3.05, 3.63) is 57.3 Å². The Kier molecular flexibility index (Phi) is 3.62. The first-order valence-corrected chi connectivity index (χ1v) is 7.98. The molecule has 0 saturated heterocycles. The molecule has 1 aromatic carbocycles.